The van der Waals surface area contributed by atoms with Crippen LogP contribution in [-0.4, -0.2) is 17.4 Å². The lowest BCUT2D eigenvalue weighted by molar-refractivity contribution is 0.105. The number of alkyl halides is 1. The Morgan fingerprint density at radius 1 is 1.73 bits per heavy atom. The number of unbranched alkanes of at least 4 members (excludes halogenated alkanes) is 1. The minimum absolute atomic E-state index is 0.0198. The normalized spacial score (nSPS) is 16.0. The van der Waals surface area contributed by atoms with Crippen molar-refractivity contribution in [1.82, 2.24) is 0 Å². The Labute approximate surface area is 71.9 Å². The molecule has 0 aromatic heterocycles. The Hall–Kier alpha value is -0.0800. The first-order valence-corrected chi connectivity index (χ1v) is 4.13. The third kappa shape index (κ3) is 4.38. The van der Waals surface area contributed by atoms with Crippen LogP contribution in [0.1, 0.15) is 26.2 Å². The lowest BCUT2D eigenvalue weighted by Crippen LogP contribution is -2.21. The van der Waals surface area contributed by atoms with Crippen molar-refractivity contribution in [2.75, 3.05) is 0 Å². The molecule has 0 radical (unpaired) electrons. The fourth-order valence-corrected chi connectivity index (χ4v) is 0.890. The molecule has 0 aromatic rings. The maximum atomic E-state index is 12.8. The van der Waals surface area contributed by atoms with E-state index in [0.29, 0.717) is 6.42 Å². The molecule has 0 saturated carbocycles. The number of halogens is 2. The van der Waals surface area contributed by atoms with E-state index in [0.717, 1.165) is 12.8 Å². The van der Waals surface area contributed by atoms with Crippen molar-refractivity contribution in [2.24, 2.45) is 0 Å². The lowest BCUT2D eigenvalue weighted by atomic mass is 10.1. The van der Waals surface area contributed by atoms with Gasteiger partial charge < -0.3 is 5.11 Å². The second kappa shape index (κ2) is 5.56. The van der Waals surface area contributed by atoms with Gasteiger partial charge in [-0.1, -0.05) is 37.9 Å². The van der Waals surface area contributed by atoms with Crippen LogP contribution in [0.4, 0.5) is 4.39 Å². The molecule has 3 heteroatoms. The van der Waals surface area contributed by atoms with E-state index in [1.807, 2.05) is 6.92 Å². The highest BCUT2D eigenvalue weighted by Gasteiger charge is 2.18. The summed E-state index contributed by atoms with van der Waals surface area (Å²) in [7, 11) is 0. The molecule has 2 unspecified atom stereocenters. The highest BCUT2D eigenvalue weighted by Crippen LogP contribution is 2.16. The SMILES string of the molecule is C=C(Cl)C(O)C(F)CCCC. The van der Waals surface area contributed by atoms with Gasteiger partial charge in [0.15, 0.2) is 0 Å². The molecule has 0 aliphatic heterocycles. The van der Waals surface area contributed by atoms with Gasteiger partial charge in [0.2, 0.25) is 0 Å². The minimum atomic E-state index is -1.26. The van der Waals surface area contributed by atoms with Crippen LogP contribution in [0.2, 0.25) is 0 Å². The molecule has 1 nitrogen and oxygen atoms in total. The third-order valence-electron chi connectivity index (χ3n) is 1.50. The first kappa shape index (κ1) is 10.9. The number of hydrogen-bond donors (Lipinski definition) is 1. The molecule has 0 heterocycles. The van der Waals surface area contributed by atoms with Gasteiger partial charge in [-0.15, -0.1) is 0 Å². The van der Waals surface area contributed by atoms with Crippen molar-refractivity contribution >= 4 is 11.6 Å². The largest absolute Gasteiger partial charge is 0.384 e. The Morgan fingerprint density at radius 3 is 2.64 bits per heavy atom. The average Bonchev–Trinajstić information content (AvgIpc) is 1.98. The number of aliphatic hydroxyl groups is 1. The summed E-state index contributed by atoms with van der Waals surface area (Å²) in [5, 5.41) is 9.00. The zero-order chi connectivity index (χ0) is 8.85. The molecule has 0 bridgehead atoms. The molecular formula is C8H14ClFO. The molecule has 0 amide bonds. The summed E-state index contributed by atoms with van der Waals surface area (Å²) in [6, 6.07) is 0. The summed E-state index contributed by atoms with van der Waals surface area (Å²) in [4.78, 5) is 0. The molecule has 0 rings (SSSR count). The summed E-state index contributed by atoms with van der Waals surface area (Å²) in [5.41, 5.74) is 0. The van der Waals surface area contributed by atoms with E-state index in [1.54, 1.807) is 0 Å². The molecule has 0 spiro atoms. The minimum Gasteiger partial charge on any atom is -0.384 e. The average molecular weight is 181 g/mol. The number of rotatable bonds is 5. The van der Waals surface area contributed by atoms with Gasteiger partial charge in [0, 0.05) is 5.03 Å². The lowest BCUT2D eigenvalue weighted by Gasteiger charge is -2.13. The third-order valence-corrected chi connectivity index (χ3v) is 1.72. The quantitative estimate of drug-likeness (QED) is 0.690. The van der Waals surface area contributed by atoms with E-state index >= 15 is 0 Å². The second-order valence-electron chi connectivity index (χ2n) is 2.55. The van der Waals surface area contributed by atoms with Crippen molar-refractivity contribution in [3.8, 4) is 0 Å². The van der Waals surface area contributed by atoms with Gasteiger partial charge in [-0.05, 0) is 6.42 Å². The Morgan fingerprint density at radius 2 is 2.27 bits per heavy atom. The maximum Gasteiger partial charge on any atom is 0.131 e. The molecule has 2 atom stereocenters. The van der Waals surface area contributed by atoms with Gasteiger partial charge in [-0.3, -0.25) is 0 Å². The molecular weight excluding hydrogens is 167 g/mol. The summed E-state index contributed by atoms with van der Waals surface area (Å²) in [6.45, 7) is 5.23. The van der Waals surface area contributed by atoms with E-state index in [1.165, 1.54) is 0 Å². The van der Waals surface area contributed by atoms with Crippen LogP contribution in [0.3, 0.4) is 0 Å². The van der Waals surface area contributed by atoms with E-state index in [4.69, 9.17) is 16.7 Å². The smallest absolute Gasteiger partial charge is 0.131 e. The first-order chi connectivity index (χ1) is 5.09. The van der Waals surface area contributed by atoms with Crippen molar-refractivity contribution in [3.05, 3.63) is 11.6 Å². The molecule has 0 saturated heterocycles. The fourth-order valence-electron chi connectivity index (χ4n) is 0.753. The van der Waals surface area contributed by atoms with Crippen molar-refractivity contribution in [2.45, 2.75) is 38.5 Å². The van der Waals surface area contributed by atoms with Crippen LogP contribution in [-0.2, 0) is 0 Å². The Bertz CT molecular complexity index is 127. The molecule has 0 aliphatic carbocycles. The summed E-state index contributed by atoms with van der Waals surface area (Å²) in [5.74, 6) is 0. The fraction of sp³-hybridized carbons (Fsp3) is 0.750. The van der Waals surface area contributed by atoms with Crippen LogP contribution in [0.15, 0.2) is 11.6 Å². The van der Waals surface area contributed by atoms with Gasteiger partial charge in [-0.25, -0.2) is 4.39 Å². The van der Waals surface area contributed by atoms with Gasteiger partial charge in [0.1, 0.15) is 12.3 Å². The van der Waals surface area contributed by atoms with Gasteiger partial charge in [-0.2, -0.15) is 0 Å². The zero-order valence-electron chi connectivity index (χ0n) is 6.69. The topological polar surface area (TPSA) is 20.2 Å². The van der Waals surface area contributed by atoms with E-state index in [9.17, 15) is 4.39 Å². The van der Waals surface area contributed by atoms with Gasteiger partial charge in [0.05, 0.1) is 0 Å². The van der Waals surface area contributed by atoms with Crippen LogP contribution >= 0.6 is 11.6 Å². The monoisotopic (exact) mass is 180 g/mol. The van der Waals surface area contributed by atoms with E-state index in [2.05, 4.69) is 6.58 Å². The summed E-state index contributed by atoms with van der Waals surface area (Å²) >= 11 is 5.32. The highest BCUT2D eigenvalue weighted by molar-refractivity contribution is 6.29. The molecule has 0 aliphatic rings. The molecule has 66 valence electrons. The molecule has 0 fully saturated rings. The van der Waals surface area contributed by atoms with E-state index in [-0.39, 0.29) is 5.03 Å². The Balaban J connectivity index is 3.63. The van der Waals surface area contributed by atoms with Crippen molar-refractivity contribution in [1.29, 1.82) is 0 Å². The first-order valence-electron chi connectivity index (χ1n) is 3.76. The number of aliphatic hydroxyl groups excluding tert-OH is 1. The van der Waals surface area contributed by atoms with Crippen LogP contribution in [0, 0.1) is 0 Å². The predicted molar refractivity (Wildman–Crippen MR) is 45.4 cm³/mol. The summed E-state index contributed by atoms with van der Waals surface area (Å²) in [6.07, 6.45) is -0.434. The Kier molecular flexibility index (Phi) is 5.51. The van der Waals surface area contributed by atoms with Crippen LogP contribution < -0.4 is 0 Å². The molecule has 0 aromatic carbocycles. The highest BCUT2D eigenvalue weighted by atomic mass is 35.5. The van der Waals surface area contributed by atoms with E-state index < -0.39 is 12.3 Å². The van der Waals surface area contributed by atoms with Gasteiger partial charge >= 0.3 is 0 Å². The van der Waals surface area contributed by atoms with Gasteiger partial charge in [0.25, 0.3) is 0 Å². The summed E-state index contributed by atoms with van der Waals surface area (Å²) < 4.78 is 12.8. The predicted octanol–water partition coefficient (Wildman–Crippen LogP) is 2.63. The van der Waals surface area contributed by atoms with Crippen molar-refractivity contribution in [3.63, 3.8) is 0 Å². The maximum absolute atomic E-state index is 12.8. The standard InChI is InChI=1S/C8H14ClFO/c1-3-4-5-7(10)8(11)6(2)9/h7-8,11H,2-5H2,1H3. The molecule has 1 N–H and O–H groups in total. The molecule has 11 heavy (non-hydrogen) atoms. The zero-order valence-corrected chi connectivity index (χ0v) is 7.44. The van der Waals surface area contributed by atoms with Crippen LogP contribution in [0.25, 0.3) is 0 Å². The van der Waals surface area contributed by atoms with Crippen LogP contribution in [0.5, 0.6) is 0 Å². The number of hydrogen-bond acceptors (Lipinski definition) is 1. The van der Waals surface area contributed by atoms with Crippen molar-refractivity contribution < 1.29 is 9.50 Å². The second-order valence-corrected chi connectivity index (χ2v) is 3.04.